The third-order valence-electron chi connectivity index (χ3n) is 6.23. The van der Waals surface area contributed by atoms with Gasteiger partial charge in [0.05, 0.1) is 17.8 Å². The first kappa shape index (κ1) is 18.4. The number of pyridine rings is 1. The number of rotatable bonds is 5. The van der Waals surface area contributed by atoms with Crippen LogP contribution in [0.3, 0.4) is 0 Å². The molecule has 2 aromatic heterocycles. The standard InChI is InChI=1S/C24H26N4S/c29-24-26-22(20-13-6-7-15-25-20)23(28(24)17-18-9-2-1-3-10-18)21-14-8-16-27(21)19-11-4-5-12-19/h1-3,6-10,13-16,19,22-23H,4-5,11-12,17H2,(H,26,29). The van der Waals surface area contributed by atoms with E-state index in [2.05, 4.69) is 80.6 Å². The van der Waals surface area contributed by atoms with Crippen LogP contribution in [0, 0.1) is 0 Å². The smallest absolute Gasteiger partial charge is 0.170 e. The van der Waals surface area contributed by atoms with Gasteiger partial charge in [-0.15, -0.1) is 0 Å². The van der Waals surface area contributed by atoms with Crippen molar-refractivity contribution in [3.8, 4) is 0 Å². The minimum atomic E-state index is 0.0439. The molecule has 5 heteroatoms. The molecule has 0 spiro atoms. The molecule has 4 nitrogen and oxygen atoms in total. The Morgan fingerprint density at radius 1 is 0.966 bits per heavy atom. The highest BCUT2D eigenvalue weighted by molar-refractivity contribution is 7.80. The van der Waals surface area contributed by atoms with E-state index in [1.165, 1.54) is 36.9 Å². The predicted molar refractivity (Wildman–Crippen MR) is 119 cm³/mol. The van der Waals surface area contributed by atoms with E-state index in [0.717, 1.165) is 17.4 Å². The first-order chi connectivity index (χ1) is 14.3. The van der Waals surface area contributed by atoms with Crippen LogP contribution in [0.15, 0.2) is 73.1 Å². The Morgan fingerprint density at radius 3 is 2.52 bits per heavy atom. The first-order valence-electron chi connectivity index (χ1n) is 10.5. The van der Waals surface area contributed by atoms with Gasteiger partial charge in [0.2, 0.25) is 0 Å². The van der Waals surface area contributed by atoms with Crippen LogP contribution >= 0.6 is 12.2 Å². The summed E-state index contributed by atoms with van der Waals surface area (Å²) in [5.74, 6) is 0. The lowest BCUT2D eigenvalue weighted by Gasteiger charge is -2.30. The molecule has 1 aliphatic carbocycles. The van der Waals surface area contributed by atoms with E-state index in [-0.39, 0.29) is 12.1 Å². The summed E-state index contributed by atoms with van der Waals surface area (Å²) >= 11 is 5.82. The highest BCUT2D eigenvalue weighted by Gasteiger charge is 2.41. The monoisotopic (exact) mass is 402 g/mol. The van der Waals surface area contributed by atoms with Gasteiger partial charge in [-0.2, -0.15) is 0 Å². The van der Waals surface area contributed by atoms with Crippen LogP contribution in [-0.4, -0.2) is 19.6 Å². The van der Waals surface area contributed by atoms with Crippen molar-refractivity contribution in [2.45, 2.75) is 50.4 Å². The van der Waals surface area contributed by atoms with Crippen LogP contribution in [0.25, 0.3) is 0 Å². The van der Waals surface area contributed by atoms with Crippen molar-refractivity contribution in [2.24, 2.45) is 0 Å². The molecular formula is C24H26N4S. The van der Waals surface area contributed by atoms with Gasteiger partial charge in [-0.25, -0.2) is 0 Å². The van der Waals surface area contributed by atoms with Crippen molar-refractivity contribution < 1.29 is 0 Å². The third kappa shape index (κ3) is 3.55. The number of aromatic nitrogens is 2. The lowest BCUT2D eigenvalue weighted by Crippen LogP contribution is -2.30. The van der Waals surface area contributed by atoms with Crippen LogP contribution in [-0.2, 0) is 6.54 Å². The summed E-state index contributed by atoms with van der Waals surface area (Å²) in [7, 11) is 0. The van der Waals surface area contributed by atoms with Gasteiger partial charge in [0.15, 0.2) is 5.11 Å². The zero-order valence-corrected chi connectivity index (χ0v) is 17.3. The number of nitrogens with zero attached hydrogens (tertiary/aromatic N) is 3. The molecule has 1 saturated heterocycles. The molecule has 1 saturated carbocycles. The predicted octanol–water partition coefficient (Wildman–Crippen LogP) is 5.17. The summed E-state index contributed by atoms with van der Waals surface area (Å²) < 4.78 is 2.50. The number of hydrogen-bond donors (Lipinski definition) is 1. The molecule has 29 heavy (non-hydrogen) atoms. The molecule has 1 N–H and O–H groups in total. The second-order valence-corrected chi connectivity index (χ2v) is 8.41. The van der Waals surface area contributed by atoms with Crippen LogP contribution in [0.2, 0.25) is 0 Å². The van der Waals surface area contributed by atoms with Gasteiger partial charge < -0.3 is 14.8 Å². The van der Waals surface area contributed by atoms with E-state index in [1.807, 2.05) is 12.3 Å². The summed E-state index contributed by atoms with van der Waals surface area (Å²) in [6, 6.07) is 21.9. The van der Waals surface area contributed by atoms with Gasteiger partial charge in [0, 0.05) is 30.7 Å². The van der Waals surface area contributed by atoms with Gasteiger partial charge in [-0.1, -0.05) is 49.2 Å². The molecule has 5 rings (SSSR count). The third-order valence-corrected chi connectivity index (χ3v) is 6.58. The minimum absolute atomic E-state index is 0.0439. The summed E-state index contributed by atoms with van der Waals surface area (Å²) in [5.41, 5.74) is 3.63. The van der Waals surface area contributed by atoms with Gasteiger partial charge in [-0.3, -0.25) is 4.98 Å². The second kappa shape index (κ2) is 7.99. The average molecular weight is 403 g/mol. The van der Waals surface area contributed by atoms with Gasteiger partial charge in [0.1, 0.15) is 0 Å². The number of benzene rings is 1. The van der Waals surface area contributed by atoms with Crippen molar-refractivity contribution >= 4 is 17.3 Å². The molecule has 2 fully saturated rings. The molecule has 0 amide bonds. The van der Waals surface area contributed by atoms with Crippen LogP contribution in [0.5, 0.6) is 0 Å². The Balaban J connectivity index is 1.56. The van der Waals surface area contributed by atoms with Crippen molar-refractivity contribution in [1.29, 1.82) is 0 Å². The molecule has 148 valence electrons. The van der Waals surface area contributed by atoms with Crippen LogP contribution in [0.1, 0.15) is 60.8 Å². The van der Waals surface area contributed by atoms with E-state index in [9.17, 15) is 0 Å². The van der Waals surface area contributed by atoms with Gasteiger partial charge in [0.25, 0.3) is 0 Å². The highest BCUT2D eigenvalue weighted by atomic mass is 32.1. The van der Waals surface area contributed by atoms with Gasteiger partial charge in [-0.05, 0) is 54.9 Å². The maximum Gasteiger partial charge on any atom is 0.170 e. The Bertz CT molecular complexity index is 963. The SMILES string of the molecule is S=C1NC(c2ccccn2)C(c2cccn2C2CCCC2)N1Cc1ccccc1. The number of nitrogens with one attached hydrogen (secondary N) is 1. The molecule has 3 aromatic rings. The summed E-state index contributed by atoms with van der Waals surface area (Å²) in [6.45, 7) is 0.788. The van der Waals surface area contributed by atoms with E-state index < -0.39 is 0 Å². The van der Waals surface area contributed by atoms with Crippen molar-refractivity contribution in [2.75, 3.05) is 0 Å². The van der Waals surface area contributed by atoms with Crippen molar-refractivity contribution in [3.63, 3.8) is 0 Å². The fourth-order valence-electron chi connectivity index (χ4n) is 4.85. The molecular weight excluding hydrogens is 376 g/mol. The van der Waals surface area contributed by atoms with Crippen molar-refractivity contribution in [1.82, 2.24) is 19.8 Å². The second-order valence-electron chi connectivity index (χ2n) is 8.02. The lowest BCUT2D eigenvalue weighted by atomic mass is 10.0. The molecule has 3 heterocycles. The fourth-order valence-corrected chi connectivity index (χ4v) is 5.16. The topological polar surface area (TPSA) is 33.1 Å². The Kier molecular flexibility index (Phi) is 5.06. The van der Waals surface area contributed by atoms with E-state index >= 15 is 0 Å². The number of hydrogen-bond acceptors (Lipinski definition) is 2. The quantitative estimate of drug-likeness (QED) is 0.597. The minimum Gasteiger partial charge on any atom is -0.352 e. The molecule has 1 aliphatic heterocycles. The zero-order chi connectivity index (χ0) is 19.6. The molecule has 0 bridgehead atoms. The molecule has 2 atom stereocenters. The highest BCUT2D eigenvalue weighted by Crippen LogP contribution is 2.42. The van der Waals surface area contributed by atoms with E-state index in [1.54, 1.807) is 0 Å². The fraction of sp³-hybridized carbons (Fsp3) is 0.333. The summed E-state index contributed by atoms with van der Waals surface area (Å²) in [6.07, 6.45) is 9.29. The van der Waals surface area contributed by atoms with E-state index in [4.69, 9.17) is 12.2 Å². The van der Waals surface area contributed by atoms with Crippen molar-refractivity contribution in [3.05, 3.63) is 90.0 Å². The van der Waals surface area contributed by atoms with E-state index in [0.29, 0.717) is 6.04 Å². The molecule has 0 radical (unpaired) electrons. The Morgan fingerprint density at radius 2 is 1.76 bits per heavy atom. The molecule has 2 aliphatic rings. The van der Waals surface area contributed by atoms with Crippen LogP contribution in [0.4, 0.5) is 0 Å². The van der Waals surface area contributed by atoms with Gasteiger partial charge >= 0.3 is 0 Å². The Labute approximate surface area is 177 Å². The summed E-state index contributed by atoms with van der Waals surface area (Å²) in [5, 5.41) is 4.38. The number of thiocarbonyl (C=S) groups is 1. The maximum absolute atomic E-state index is 5.82. The molecule has 1 aromatic carbocycles. The maximum atomic E-state index is 5.82. The first-order valence-corrected chi connectivity index (χ1v) is 10.9. The summed E-state index contributed by atoms with van der Waals surface area (Å²) in [4.78, 5) is 7.00. The average Bonchev–Trinajstić information content (AvgIpc) is 3.50. The lowest BCUT2D eigenvalue weighted by molar-refractivity contribution is 0.290. The zero-order valence-electron chi connectivity index (χ0n) is 16.4. The normalized spacial score (nSPS) is 22.2. The Hall–Kier alpha value is -2.66. The largest absolute Gasteiger partial charge is 0.352 e. The molecule has 2 unspecified atom stereocenters. The van der Waals surface area contributed by atoms with Crippen LogP contribution < -0.4 is 5.32 Å².